The number of fused-ring (bicyclic) bond motifs is 7. The Bertz CT molecular complexity index is 1350. The SMILES string of the molecule is CSc1cccc(Sc2ccc(C3OC4CC5C6CCC7=CC(=O)C=CC7(C)C6C(O)CC5(C)C4O3)cc2)c1. The zero-order valence-electron chi connectivity index (χ0n) is 22.7. The molecule has 1 N–H and O–H groups in total. The highest BCUT2D eigenvalue weighted by atomic mass is 32.2. The van der Waals surface area contributed by atoms with Crippen LogP contribution in [0, 0.1) is 28.6 Å². The fraction of sp³-hybridized carbons (Fsp3) is 0.485. The van der Waals surface area contributed by atoms with Gasteiger partial charge in [-0.05, 0) is 86.3 Å². The van der Waals surface area contributed by atoms with E-state index in [4.69, 9.17) is 9.47 Å². The average Bonchev–Trinajstić information content (AvgIpc) is 3.47. The highest BCUT2D eigenvalue weighted by Crippen LogP contribution is 2.66. The minimum atomic E-state index is -0.426. The lowest BCUT2D eigenvalue weighted by atomic mass is 9.47. The summed E-state index contributed by atoms with van der Waals surface area (Å²) in [5, 5.41) is 11.6. The van der Waals surface area contributed by atoms with Crippen LogP contribution in [0.25, 0.3) is 0 Å². The van der Waals surface area contributed by atoms with Crippen molar-refractivity contribution in [1.29, 1.82) is 0 Å². The van der Waals surface area contributed by atoms with Crippen LogP contribution >= 0.6 is 23.5 Å². The third kappa shape index (κ3) is 4.21. The molecule has 0 radical (unpaired) electrons. The van der Waals surface area contributed by atoms with Gasteiger partial charge in [-0.3, -0.25) is 4.79 Å². The van der Waals surface area contributed by atoms with Gasteiger partial charge in [0.05, 0.1) is 18.3 Å². The van der Waals surface area contributed by atoms with Crippen molar-refractivity contribution in [2.24, 2.45) is 28.6 Å². The number of carbonyl (C=O) groups is 1. The van der Waals surface area contributed by atoms with E-state index in [1.807, 2.05) is 6.08 Å². The quantitative estimate of drug-likeness (QED) is 0.398. The Kier molecular flexibility index (Phi) is 6.44. The fourth-order valence-corrected chi connectivity index (χ4v) is 10.0. The van der Waals surface area contributed by atoms with E-state index in [9.17, 15) is 9.90 Å². The predicted octanol–water partition coefficient (Wildman–Crippen LogP) is 7.23. The highest BCUT2D eigenvalue weighted by Gasteiger charge is 2.66. The maximum atomic E-state index is 12.1. The lowest BCUT2D eigenvalue weighted by Gasteiger charge is -2.58. The van der Waals surface area contributed by atoms with E-state index in [-0.39, 0.29) is 41.0 Å². The molecule has 204 valence electrons. The molecule has 4 nitrogen and oxygen atoms in total. The van der Waals surface area contributed by atoms with Crippen LogP contribution in [0.2, 0.25) is 0 Å². The maximum absolute atomic E-state index is 12.1. The molecule has 4 fully saturated rings. The van der Waals surface area contributed by atoms with E-state index >= 15 is 0 Å². The molecule has 0 amide bonds. The Morgan fingerprint density at radius 3 is 2.62 bits per heavy atom. The van der Waals surface area contributed by atoms with Crippen LogP contribution in [-0.4, -0.2) is 35.5 Å². The fourth-order valence-electron chi connectivity index (χ4n) is 8.62. The van der Waals surface area contributed by atoms with Crippen LogP contribution in [-0.2, 0) is 14.3 Å². The molecule has 0 aromatic heterocycles. The van der Waals surface area contributed by atoms with E-state index in [0.717, 1.165) is 24.8 Å². The molecule has 6 heteroatoms. The molecule has 4 aliphatic carbocycles. The summed E-state index contributed by atoms with van der Waals surface area (Å²) < 4.78 is 13.3. The number of hydrogen-bond donors (Lipinski definition) is 1. The number of hydrogen-bond acceptors (Lipinski definition) is 6. The molecule has 0 bridgehead atoms. The third-order valence-corrected chi connectivity index (χ3v) is 12.1. The number of carbonyl (C=O) groups excluding carboxylic acids is 1. The van der Waals surface area contributed by atoms with Crippen molar-refractivity contribution in [2.75, 3.05) is 6.26 Å². The van der Waals surface area contributed by atoms with Gasteiger partial charge in [0.15, 0.2) is 12.1 Å². The molecule has 2 aromatic rings. The topological polar surface area (TPSA) is 55.8 Å². The van der Waals surface area contributed by atoms with E-state index in [1.165, 1.54) is 20.3 Å². The van der Waals surface area contributed by atoms with Crippen LogP contribution in [0.4, 0.5) is 0 Å². The van der Waals surface area contributed by atoms with Gasteiger partial charge in [0.1, 0.15) is 0 Å². The predicted molar refractivity (Wildman–Crippen MR) is 155 cm³/mol. The minimum absolute atomic E-state index is 0.0142. The maximum Gasteiger partial charge on any atom is 0.184 e. The zero-order valence-corrected chi connectivity index (χ0v) is 24.3. The molecule has 9 unspecified atom stereocenters. The molecule has 39 heavy (non-hydrogen) atoms. The number of rotatable bonds is 4. The van der Waals surface area contributed by atoms with E-state index in [0.29, 0.717) is 18.3 Å². The smallest absolute Gasteiger partial charge is 0.184 e. The summed E-state index contributed by atoms with van der Waals surface area (Å²) in [7, 11) is 0. The van der Waals surface area contributed by atoms with Gasteiger partial charge < -0.3 is 14.6 Å². The summed E-state index contributed by atoms with van der Waals surface area (Å²) >= 11 is 3.53. The van der Waals surface area contributed by atoms with Crippen LogP contribution in [0.1, 0.15) is 51.4 Å². The molecular formula is C33H36O4S2. The Labute approximate surface area is 239 Å². The summed E-state index contributed by atoms with van der Waals surface area (Å²) in [5.41, 5.74) is 1.89. The second kappa shape index (κ2) is 9.63. The van der Waals surface area contributed by atoms with Crippen molar-refractivity contribution in [2.45, 2.75) is 78.8 Å². The van der Waals surface area contributed by atoms with E-state index < -0.39 is 6.10 Å². The van der Waals surface area contributed by atoms with Crippen LogP contribution in [0.15, 0.2) is 87.0 Å². The first-order chi connectivity index (χ1) is 18.8. The molecule has 5 aliphatic rings. The number of benzene rings is 2. The molecule has 3 saturated carbocycles. The average molecular weight is 561 g/mol. The van der Waals surface area contributed by atoms with Crippen LogP contribution in [0.5, 0.6) is 0 Å². The number of ether oxygens (including phenoxy) is 2. The molecule has 1 aliphatic heterocycles. The van der Waals surface area contributed by atoms with Gasteiger partial charge in [0.2, 0.25) is 0 Å². The van der Waals surface area contributed by atoms with Crippen molar-refractivity contribution in [1.82, 2.24) is 0 Å². The summed E-state index contributed by atoms with van der Waals surface area (Å²) in [6.07, 6.45) is 10.6. The van der Waals surface area contributed by atoms with Gasteiger partial charge in [0.25, 0.3) is 0 Å². The summed E-state index contributed by atoms with van der Waals surface area (Å²) in [6.45, 7) is 4.55. The number of aliphatic hydroxyl groups excluding tert-OH is 1. The lowest BCUT2D eigenvalue weighted by molar-refractivity contribution is -0.161. The summed E-state index contributed by atoms with van der Waals surface area (Å²) in [5.74, 6) is 1.06. The first-order valence-corrected chi connectivity index (χ1v) is 16.2. The molecule has 2 aromatic carbocycles. The number of thioether (sulfide) groups is 1. The number of aliphatic hydroxyl groups is 1. The van der Waals surface area contributed by atoms with Gasteiger partial charge in [-0.25, -0.2) is 0 Å². The van der Waals surface area contributed by atoms with Gasteiger partial charge in [0, 0.05) is 37.0 Å². The lowest BCUT2D eigenvalue weighted by Crippen LogP contribution is -2.56. The third-order valence-electron chi connectivity index (χ3n) is 10.4. The first kappa shape index (κ1) is 26.1. The van der Waals surface area contributed by atoms with Gasteiger partial charge in [-0.2, -0.15) is 0 Å². The van der Waals surface area contributed by atoms with E-state index in [1.54, 1.807) is 29.6 Å². The molecule has 7 rings (SSSR count). The van der Waals surface area contributed by atoms with Crippen molar-refractivity contribution in [3.8, 4) is 0 Å². The minimum Gasteiger partial charge on any atom is -0.393 e. The van der Waals surface area contributed by atoms with E-state index in [2.05, 4.69) is 74.7 Å². The standard InChI is InChI=1S/C33H36O4S2/c1-32-14-13-21(34)15-20(32)9-12-25-26-17-28-30(33(26,2)18-27(35)29(25)32)37-31(36-28)19-7-10-22(11-8-19)39-24-6-4-5-23(16-24)38-3/h4-8,10-11,13-16,25-31,35H,9,12,17-18H2,1-3H3. The molecule has 1 saturated heterocycles. The molecule has 0 spiro atoms. The molecular weight excluding hydrogens is 524 g/mol. The zero-order chi connectivity index (χ0) is 26.9. The van der Waals surface area contributed by atoms with Gasteiger partial charge >= 0.3 is 0 Å². The molecule has 1 heterocycles. The number of ketones is 1. The largest absolute Gasteiger partial charge is 0.393 e. The highest BCUT2D eigenvalue weighted by molar-refractivity contribution is 7.99. The second-order valence-electron chi connectivity index (χ2n) is 12.4. The summed E-state index contributed by atoms with van der Waals surface area (Å²) in [4.78, 5) is 15.8. The van der Waals surface area contributed by atoms with Crippen LogP contribution < -0.4 is 0 Å². The number of allylic oxidation sites excluding steroid dienone is 4. The Balaban J connectivity index is 1.07. The summed E-state index contributed by atoms with van der Waals surface area (Å²) in [6, 6.07) is 17.2. The second-order valence-corrected chi connectivity index (χ2v) is 14.5. The van der Waals surface area contributed by atoms with Crippen molar-refractivity contribution in [3.63, 3.8) is 0 Å². The van der Waals surface area contributed by atoms with Gasteiger partial charge in [-0.1, -0.05) is 55.5 Å². The normalized spacial score (nSPS) is 40.5. The van der Waals surface area contributed by atoms with Crippen molar-refractivity contribution in [3.05, 3.63) is 77.9 Å². The van der Waals surface area contributed by atoms with Crippen molar-refractivity contribution < 1.29 is 19.4 Å². The Morgan fingerprint density at radius 1 is 1.03 bits per heavy atom. The molecule has 9 atom stereocenters. The van der Waals surface area contributed by atoms with Crippen LogP contribution in [0.3, 0.4) is 0 Å². The van der Waals surface area contributed by atoms with Crippen molar-refractivity contribution >= 4 is 29.3 Å². The monoisotopic (exact) mass is 560 g/mol. The van der Waals surface area contributed by atoms with Gasteiger partial charge in [-0.15, -0.1) is 11.8 Å². The Hall–Kier alpha value is -1.83. The first-order valence-electron chi connectivity index (χ1n) is 14.1. The Morgan fingerprint density at radius 2 is 1.82 bits per heavy atom.